The highest BCUT2D eigenvalue weighted by molar-refractivity contribution is 5.93. The molecule has 0 aliphatic carbocycles. The van der Waals surface area contributed by atoms with Crippen LogP contribution in [0.25, 0.3) is 6.08 Å². The largest absolute Gasteiger partial charge is 0.381 e. The third kappa shape index (κ3) is 4.86. The van der Waals surface area contributed by atoms with E-state index in [0.29, 0.717) is 5.56 Å². The number of amides is 1. The third-order valence-electron chi connectivity index (χ3n) is 3.64. The van der Waals surface area contributed by atoms with E-state index in [-0.39, 0.29) is 0 Å². The lowest BCUT2D eigenvalue weighted by atomic mass is 10.1. The van der Waals surface area contributed by atoms with E-state index < -0.39 is 5.91 Å². The molecule has 0 spiro atoms. The molecule has 0 radical (unpaired) electrons. The van der Waals surface area contributed by atoms with E-state index in [2.05, 4.69) is 47.5 Å². The molecule has 24 heavy (non-hydrogen) atoms. The molecular weight excluding hydrogens is 302 g/mol. The quantitative estimate of drug-likeness (QED) is 0.563. The molecule has 0 aliphatic rings. The van der Waals surface area contributed by atoms with Crippen molar-refractivity contribution in [2.45, 2.75) is 6.92 Å². The molecule has 5 nitrogen and oxygen atoms in total. The molecule has 2 aromatic carbocycles. The second-order valence-electron chi connectivity index (χ2n) is 5.85. The van der Waals surface area contributed by atoms with Gasteiger partial charge in [-0.25, -0.2) is 5.48 Å². The number of hydrogen-bond donors (Lipinski definition) is 3. The fraction of sp³-hybridized carbons (Fsp3) is 0.211. The van der Waals surface area contributed by atoms with Crippen LogP contribution in [0.2, 0.25) is 0 Å². The van der Waals surface area contributed by atoms with Crippen LogP contribution in [0.15, 0.2) is 54.1 Å². The average molecular weight is 325 g/mol. The number of anilines is 2. The van der Waals surface area contributed by atoms with Crippen LogP contribution in [0.1, 0.15) is 22.8 Å². The summed E-state index contributed by atoms with van der Waals surface area (Å²) in [7, 11) is 4.04. The van der Waals surface area contributed by atoms with Crippen LogP contribution < -0.4 is 15.7 Å². The van der Waals surface area contributed by atoms with Crippen LogP contribution in [0.3, 0.4) is 0 Å². The van der Waals surface area contributed by atoms with Crippen molar-refractivity contribution < 1.29 is 10.0 Å². The maximum atomic E-state index is 11.3. The fourth-order valence-electron chi connectivity index (χ4n) is 2.25. The first-order valence-electron chi connectivity index (χ1n) is 7.72. The fourth-order valence-corrected chi connectivity index (χ4v) is 2.25. The zero-order valence-corrected chi connectivity index (χ0v) is 14.2. The van der Waals surface area contributed by atoms with Gasteiger partial charge in [0.15, 0.2) is 0 Å². The second kappa shape index (κ2) is 8.17. The van der Waals surface area contributed by atoms with E-state index in [0.717, 1.165) is 17.8 Å². The van der Waals surface area contributed by atoms with Gasteiger partial charge in [-0.3, -0.25) is 10.0 Å². The molecule has 1 amide bonds. The van der Waals surface area contributed by atoms with Gasteiger partial charge in [0.2, 0.25) is 0 Å². The predicted octanol–water partition coefficient (Wildman–Crippen LogP) is 3.39. The Morgan fingerprint density at radius 1 is 1.08 bits per heavy atom. The van der Waals surface area contributed by atoms with Gasteiger partial charge in [-0.15, -0.1) is 0 Å². The molecule has 0 saturated heterocycles. The molecule has 0 saturated carbocycles. The Morgan fingerprint density at radius 3 is 2.25 bits per heavy atom. The van der Waals surface area contributed by atoms with Gasteiger partial charge < -0.3 is 10.2 Å². The summed E-state index contributed by atoms with van der Waals surface area (Å²) in [5, 5.41) is 12.0. The molecule has 0 bridgehead atoms. The topological polar surface area (TPSA) is 64.6 Å². The molecule has 2 rings (SSSR count). The maximum Gasteiger partial charge on any atom is 0.274 e. The summed E-state index contributed by atoms with van der Waals surface area (Å²) in [6.45, 7) is 2.79. The molecule has 0 heterocycles. The Labute approximate surface area is 142 Å². The van der Waals surface area contributed by atoms with Gasteiger partial charge in [-0.2, -0.15) is 0 Å². The van der Waals surface area contributed by atoms with Crippen LogP contribution in [0.5, 0.6) is 0 Å². The zero-order chi connectivity index (χ0) is 17.5. The lowest BCUT2D eigenvalue weighted by Gasteiger charge is -2.13. The number of benzene rings is 2. The van der Waals surface area contributed by atoms with E-state index in [1.165, 1.54) is 11.3 Å². The van der Waals surface area contributed by atoms with Gasteiger partial charge in [0.25, 0.3) is 5.91 Å². The second-order valence-corrected chi connectivity index (χ2v) is 5.85. The Morgan fingerprint density at radius 2 is 1.71 bits per heavy atom. The highest BCUT2D eigenvalue weighted by Gasteiger charge is 2.02. The number of nitrogens with zero attached hydrogens (tertiary/aromatic N) is 1. The maximum absolute atomic E-state index is 11.3. The highest BCUT2D eigenvalue weighted by atomic mass is 16.5. The Kier molecular flexibility index (Phi) is 5.98. The minimum atomic E-state index is -0.509. The molecule has 0 atom stereocenters. The molecule has 0 aromatic heterocycles. The Hall–Kier alpha value is -2.79. The lowest BCUT2D eigenvalue weighted by molar-refractivity contribution is 0.0706. The number of carbonyl (C=O) groups excluding carboxylic acids is 1. The SMILES string of the molecule is CC(=Cc1ccc(C(=O)NO)cc1)CNc1ccc(N(C)C)cc1. The van der Waals surface area contributed by atoms with Gasteiger partial charge in [0, 0.05) is 37.6 Å². The first-order chi connectivity index (χ1) is 11.5. The summed E-state index contributed by atoms with van der Waals surface area (Å²) in [6, 6.07) is 15.3. The van der Waals surface area contributed by atoms with Gasteiger partial charge in [0.05, 0.1) is 0 Å². The molecule has 126 valence electrons. The average Bonchev–Trinajstić information content (AvgIpc) is 2.60. The van der Waals surface area contributed by atoms with Crippen molar-refractivity contribution in [2.75, 3.05) is 30.9 Å². The summed E-state index contributed by atoms with van der Waals surface area (Å²) in [4.78, 5) is 13.3. The van der Waals surface area contributed by atoms with E-state index in [9.17, 15) is 4.79 Å². The molecular formula is C19H23N3O2. The van der Waals surface area contributed by atoms with E-state index in [1.54, 1.807) is 17.6 Å². The van der Waals surface area contributed by atoms with Crippen molar-refractivity contribution in [3.8, 4) is 0 Å². The standard InChI is InChI=1S/C19H23N3O2/c1-14(12-15-4-6-16(7-5-15)19(23)21-24)13-20-17-8-10-18(11-9-17)22(2)3/h4-12,20,24H,13H2,1-3H3,(H,21,23). The smallest absolute Gasteiger partial charge is 0.274 e. The van der Waals surface area contributed by atoms with Crippen molar-refractivity contribution >= 4 is 23.4 Å². The van der Waals surface area contributed by atoms with E-state index in [1.807, 2.05) is 26.2 Å². The van der Waals surface area contributed by atoms with Gasteiger partial charge in [-0.1, -0.05) is 23.8 Å². The summed E-state index contributed by atoms with van der Waals surface area (Å²) in [6.07, 6.45) is 2.06. The number of rotatable bonds is 6. The van der Waals surface area contributed by atoms with Crippen molar-refractivity contribution in [3.05, 3.63) is 65.2 Å². The van der Waals surface area contributed by atoms with Gasteiger partial charge in [-0.05, 0) is 48.9 Å². The summed E-state index contributed by atoms with van der Waals surface area (Å²) < 4.78 is 0. The van der Waals surface area contributed by atoms with Crippen LogP contribution in [-0.4, -0.2) is 31.8 Å². The normalized spacial score (nSPS) is 11.1. The number of carbonyl (C=O) groups is 1. The lowest BCUT2D eigenvalue weighted by Crippen LogP contribution is -2.18. The Bertz CT molecular complexity index is 704. The van der Waals surface area contributed by atoms with Crippen LogP contribution in [0, 0.1) is 0 Å². The molecule has 2 aromatic rings. The first-order valence-corrected chi connectivity index (χ1v) is 7.72. The highest BCUT2D eigenvalue weighted by Crippen LogP contribution is 2.16. The van der Waals surface area contributed by atoms with E-state index >= 15 is 0 Å². The first kappa shape index (κ1) is 17.6. The van der Waals surface area contributed by atoms with E-state index in [4.69, 9.17) is 5.21 Å². The molecule has 0 fully saturated rings. The van der Waals surface area contributed by atoms with Crippen LogP contribution in [-0.2, 0) is 0 Å². The van der Waals surface area contributed by atoms with Crippen molar-refractivity contribution in [2.24, 2.45) is 0 Å². The molecule has 5 heteroatoms. The van der Waals surface area contributed by atoms with Crippen LogP contribution >= 0.6 is 0 Å². The predicted molar refractivity (Wildman–Crippen MR) is 98.6 cm³/mol. The van der Waals surface area contributed by atoms with Crippen molar-refractivity contribution in [1.82, 2.24) is 5.48 Å². The summed E-state index contributed by atoms with van der Waals surface area (Å²) in [5.41, 5.74) is 6.46. The van der Waals surface area contributed by atoms with Crippen molar-refractivity contribution in [1.29, 1.82) is 0 Å². The summed E-state index contributed by atoms with van der Waals surface area (Å²) >= 11 is 0. The minimum absolute atomic E-state index is 0.423. The molecule has 0 unspecified atom stereocenters. The minimum Gasteiger partial charge on any atom is -0.381 e. The molecule has 3 N–H and O–H groups in total. The third-order valence-corrected chi connectivity index (χ3v) is 3.64. The summed E-state index contributed by atoms with van der Waals surface area (Å²) in [5.74, 6) is -0.509. The van der Waals surface area contributed by atoms with Gasteiger partial charge >= 0.3 is 0 Å². The number of hydroxylamine groups is 1. The Balaban J connectivity index is 1.95. The zero-order valence-electron chi connectivity index (χ0n) is 14.2. The molecule has 0 aliphatic heterocycles. The van der Waals surface area contributed by atoms with Crippen molar-refractivity contribution in [3.63, 3.8) is 0 Å². The van der Waals surface area contributed by atoms with Gasteiger partial charge in [0.1, 0.15) is 0 Å². The van der Waals surface area contributed by atoms with Crippen LogP contribution in [0.4, 0.5) is 11.4 Å². The monoisotopic (exact) mass is 325 g/mol. The number of hydrogen-bond acceptors (Lipinski definition) is 4. The number of nitrogens with one attached hydrogen (secondary N) is 2.